The fourth-order valence-electron chi connectivity index (χ4n) is 2.73. The van der Waals surface area contributed by atoms with Gasteiger partial charge in [0, 0.05) is 33.2 Å². The van der Waals surface area contributed by atoms with Crippen LogP contribution in [0.5, 0.6) is 0 Å². The Kier molecular flexibility index (Phi) is 7.42. The predicted molar refractivity (Wildman–Crippen MR) is 92.9 cm³/mol. The van der Waals surface area contributed by atoms with Gasteiger partial charge in [0.1, 0.15) is 11.5 Å². The smallest absolute Gasteiger partial charge is 0.191 e. The van der Waals surface area contributed by atoms with Crippen LogP contribution in [0.1, 0.15) is 37.3 Å². The lowest BCUT2D eigenvalue weighted by atomic mass is 10.1. The molecule has 0 aliphatic carbocycles. The van der Waals surface area contributed by atoms with Crippen LogP contribution in [0.3, 0.4) is 0 Å². The molecule has 2 heterocycles. The molecule has 1 atom stereocenters. The summed E-state index contributed by atoms with van der Waals surface area (Å²) in [6.45, 7) is 9.28. The van der Waals surface area contributed by atoms with Crippen LogP contribution in [0.25, 0.3) is 0 Å². The standard InChI is InChI=1S/C17H30N4O2/c1-4-5-8-19-17(18-3)20-13-15(16-7-6-14(2)23-16)21-9-11-22-12-10-21/h6-7,15H,4-5,8-13H2,1-3H3,(H2,18,19,20). The zero-order valence-corrected chi connectivity index (χ0v) is 14.6. The SMILES string of the molecule is CCCCNC(=NC)NCC(c1ccc(C)o1)N1CCOCC1. The molecule has 1 unspecified atom stereocenters. The van der Waals surface area contributed by atoms with Crippen molar-refractivity contribution in [1.82, 2.24) is 15.5 Å². The maximum Gasteiger partial charge on any atom is 0.191 e. The third-order valence-electron chi connectivity index (χ3n) is 4.09. The lowest BCUT2D eigenvalue weighted by Crippen LogP contribution is -2.46. The highest BCUT2D eigenvalue weighted by Crippen LogP contribution is 2.23. The molecule has 130 valence electrons. The molecule has 0 saturated carbocycles. The number of ether oxygens (including phenoxy) is 1. The highest BCUT2D eigenvalue weighted by atomic mass is 16.5. The molecule has 1 saturated heterocycles. The normalized spacial score (nSPS) is 18.0. The van der Waals surface area contributed by atoms with Crippen molar-refractivity contribution in [3.8, 4) is 0 Å². The van der Waals surface area contributed by atoms with Gasteiger partial charge in [-0.1, -0.05) is 13.3 Å². The van der Waals surface area contributed by atoms with E-state index in [1.807, 2.05) is 20.0 Å². The lowest BCUT2D eigenvalue weighted by molar-refractivity contribution is 0.0124. The van der Waals surface area contributed by atoms with Crippen molar-refractivity contribution in [2.75, 3.05) is 46.4 Å². The van der Waals surface area contributed by atoms with Gasteiger partial charge in [-0.25, -0.2) is 0 Å². The molecule has 0 amide bonds. The molecule has 23 heavy (non-hydrogen) atoms. The number of nitrogens with zero attached hydrogens (tertiary/aromatic N) is 2. The monoisotopic (exact) mass is 322 g/mol. The molecule has 6 nitrogen and oxygen atoms in total. The van der Waals surface area contributed by atoms with Crippen LogP contribution in [-0.4, -0.2) is 57.3 Å². The number of rotatable bonds is 7. The number of guanidine groups is 1. The number of aryl methyl sites for hydroxylation is 1. The molecule has 1 aromatic rings. The van der Waals surface area contributed by atoms with Gasteiger partial charge in [0.25, 0.3) is 0 Å². The Hall–Kier alpha value is -1.53. The number of furan rings is 1. The molecule has 0 radical (unpaired) electrons. The summed E-state index contributed by atoms with van der Waals surface area (Å²) in [5.74, 6) is 2.80. The van der Waals surface area contributed by atoms with E-state index in [4.69, 9.17) is 9.15 Å². The molecule has 0 aromatic carbocycles. The highest BCUT2D eigenvalue weighted by Gasteiger charge is 2.25. The number of nitrogens with one attached hydrogen (secondary N) is 2. The Morgan fingerprint density at radius 3 is 2.70 bits per heavy atom. The highest BCUT2D eigenvalue weighted by molar-refractivity contribution is 5.79. The van der Waals surface area contributed by atoms with E-state index in [1.54, 1.807) is 0 Å². The lowest BCUT2D eigenvalue weighted by Gasteiger charge is -2.33. The second-order valence-electron chi connectivity index (χ2n) is 5.85. The minimum atomic E-state index is 0.192. The molecule has 0 spiro atoms. The third kappa shape index (κ3) is 5.55. The van der Waals surface area contributed by atoms with Gasteiger partial charge in [-0.2, -0.15) is 0 Å². The average molecular weight is 322 g/mol. The fourth-order valence-corrected chi connectivity index (χ4v) is 2.73. The van der Waals surface area contributed by atoms with Crippen LogP contribution < -0.4 is 10.6 Å². The molecule has 2 N–H and O–H groups in total. The summed E-state index contributed by atoms with van der Waals surface area (Å²) in [4.78, 5) is 6.71. The van der Waals surface area contributed by atoms with Gasteiger partial charge in [-0.05, 0) is 25.5 Å². The predicted octanol–water partition coefficient (Wildman–Crippen LogP) is 1.93. The van der Waals surface area contributed by atoms with E-state index in [2.05, 4.69) is 33.5 Å². The van der Waals surface area contributed by atoms with Crippen molar-refractivity contribution in [3.05, 3.63) is 23.7 Å². The van der Waals surface area contributed by atoms with Crippen LogP contribution in [0.4, 0.5) is 0 Å². The molecule has 1 aliphatic heterocycles. The van der Waals surface area contributed by atoms with Gasteiger partial charge in [0.15, 0.2) is 5.96 Å². The zero-order valence-electron chi connectivity index (χ0n) is 14.6. The number of hydrogen-bond acceptors (Lipinski definition) is 4. The quantitative estimate of drug-likeness (QED) is 0.456. The maximum absolute atomic E-state index is 5.88. The topological polar surface area (TPSA) is 62.0 Å². The molecule has 1 aliphatic rings. The minimum absolute atomic E-state index is 0.192. The molecule has 2 rings (SSSR count). The van der Waals surface area contributed by atoms with Gasteiger partial charge < -0.3 is 19.8 Å². The second-order valence-corrected chi connectivity index (χ2v) is 5.85. The maximum atomic E-state index is 5.88. The summed E-state index contributed by atoms with van der Waals surface area (Å²) >= 11 is 0. The van der Waals surface area contributed by atoms with Crippen LogP contribution in [0.2, 0.25) is 0 Å². The fraction of sp³-hybridized carbons (Fsp3) is 0.706. The van der Waals surface area contributed by atoms with E-state index in [0.717, 1.165) is 63.3 Å². The van der Waals surface area contributed by atoms with Gasteiger partial charge >= 0.3 is 0 Å². The number of hydrogen-bond donors (Lipinski definition) is 2. The minimum Gasteiger partial charge on any atom is -0.465 e. The van der Waals surface area contributed by atoms with Gasteiger partial charge in [-0.15, -0.1) is 0 Å². The number of aliphatic imine (C=N–C) groups is 1. The molecule has 0 bridgehead atoms. The summed E-state index contributed by atoms with van der Waals surface area (Å²) in [6.07, 6.45) is 2.32. The van der Waals surface area contributed by atoms with Gasteiger partial charge in [0.05, 0.1) is 19.3 Å². The van der Waals surface area contributed by atoms with E-state index >= 15 is 0 Å². The van der Waals surface area contributed by atoms with Crippen molar-refractivity contribution in [3.63, 3.8) is 0 Å². The van der Waals surface area contributed by atoms with E-state index in [-0.39, 0.29) is 6.04 Å². The first-order chi connectivity index (χ1) is 11.2. The van der Waals surface area contributed by atoms with E-state index in [1.165, 1.54) is 6.42 Å². The first-order valence-electron chi connectivity index (χ1n) is 8.57. The summed E-state index contributed by atoms with van der Waals surface area (Å²) in [5.41, 5.74) is 0. The van der Waals surface area contributed by atoms with Crippen molar-refractivity contribution < 1.29 is 9.15 Å². The molecule has 1 aromatic heterocycles. The Morgan fingerprint density at radius 1 is 1.30 bits per heavy atom. The van der Waals surface area contributed by atoms with E-state index in [9.17, 15) is 0 Å². The van der Waals surface area contributed by atoms with Crippen LogP contribution in [-0.2, 0) is 4.74 Å². The Balaban J connectivity index is 1.96. The summed E-state index contributed by atoms with van der Waals surface area (Å²) in [5, 5.41) is 6.78. The van der Waals surface area contributed by atoms with Crippen LogP contribution in [0, 0.1) is 6.92 Å². The van der Waals surface area contributed by atoms with Crippen LogP contribution >= 0.6 is 0 Å². The Morgan fingerprint density at radius 2 is 2.09 bits per heavy atom. The van der Waals surface area contributed by atoms with Crippen molar-refractivity contribution in [2.24, 2.45) is 4.99 Å². The average Bonchev–Trinajstić information content (AvgIpc) is 3.00. The first-order valence-corrected chi connectivity index (χ1v) is 8.57. The summed E-state index contributed by atoms with van der Waals surface area (Å²) in [7, 11) is 1.81. The molecular formula is C17H30N4O2. The first kappa shape index (κ1) is 17.8. The molecular weight excluding hydrogens is 292 g/mol. The zero-order chi connectivity index (χ0) is 16.5. The Labute approximate surface area is 139 Å². The second kappa shape index (κ2) is 9.57. The van der Waals surface area contributed by atoms with Gasteiger partial charge in [0.2, 0.25) is 0 Å². The van der Waals surface area contributed by atoms with Crippen molar-refractivity contribution in [1.29, 1.82) is 0 Å². The van der Waals surface area contributed by atoms with Crippen molar-refractivity contribution >= 4 is 5.96 Å². The van der Waals surface area contributed by atoms with Crippen molar-refractivity contribution in [2.45, 2.75) is 32.7 Å². The van der Waals surface area contributed by atoms with E-state index < -0.39 is 0 Å². The Bertz CT molecular complexity index is 481. The molecule has 6 heteroatoms. The number of unbranched alkanes of at least 4 members (excludes halogenated alkanes) is 1. The third-order valence-corrected chi connectivity index (χ3v) is 4.09. The van der Waals surface area contributed by atoms with Crippen LogP contribution in [0.15, 0.2) is 21.5 Å². The summed E-state index contributed by atoms with van der Waals surface area (Å²) in [6, 6.07) is 4.29. The van der Waals surface area contributed by atoms with Gasteiger partial charge in [-0.3, -0.25) is 9.89 Å². The summed E-state index contributed by atoms with van der Waals surface area (Å²) < 4.78 is 11.4. The van der Waals surface area contributed by atoms with E-state index in [0.29, 0.717) is 0 Å². The number of morpholine rings is 1. The largest absolute Gasteiger partial charge is 0.465 e. The molecule has 1 fully saturated rings.